The molecule has 0 radical (unpaired) electrons. The molecule has 7 nitrogen and oxygen atoms in total. The summed E-state index contributed by atoms with van der Waals surface area (Å²) in [6.45, 7) is 0.733. The molecule has 0 atom stereocenters. The SMILES string of the molecule is CS(=O)(=O)C=C1CCN(C(=O)c2cnc(C3CC3)nc2Oc2ccccc2)C1. The van der Waals surface area contributed by atoms with Crippen molar-refractivity contribution in [3.8, 4) is 11.6 Å². The Morgan fingerprint density at radius 3 is 2.68 bits per heavy atom. The first-order valence-corrected chi connectivity index (χ1v) is 11.1. The highest BCUT2D eigenvalue weighted by molar-refractivity contribution is 7.93. The first kappa shape index (κ1) is 18.6. The Hall–Kier alpha value is -2.74. The largest absolute Gasteiger partial charge is 0.438 e. The van der Waals surface area contributed by atoms with E-state index in [1.165, 1.54) is 11.6 Å². The number of carbonyl (C=O) groups excluding carboxylic acids is 1. The van der Waals surface area contributed by atoms with Crippen molar-refractivity contribution in [1.29, 1.82) is 0 Å². The summed E-state index contributed by atoms with van der Waals surface area (Å²) in [4.78, 5) is 23.5. The van der Waals surface area contributed by atoms with Gasteiger partial charge in [0, 0.05) is 36.9 Å². The monoisotopic (exact) mass is 399 g/mol. The standard InChI is InChI=1S/C20H21N3O4S/c1-28(25,26)13-14-9-10-23(12-14)20(24)17-11-21-18(15-7-8-15)22-19(17)27-16-5-3-2-4-6-16/h2-6,11,13,15H,7-10,12H2,1H3. The molecular formula is C20H21N3O4S. The van der Waals surface area contributed by atoms with Gasteiger partial charge in [-0.25, -0.2) is 13.4 Å². The topological polar surface area (TPSA) is 89.5 Å². The number of aromatic nitrogens is 2. The van der Waals surface area contributed by atoms with Crippen molar-refractivity contribution in [3.05, 3.63) is 58.9 Å². The quantitative estimate of drug-likeness (QED) is 0.768. The molecule has 0 bridgehead atoms. The van der Waals surface area contributed by atoms with E-state index in [0.29, 0.717) is 30.5 Å². The zero-order valence-corrected chi connectivity index (χ0v) is 16.4. The van der Waals surface area contributed by atoms with Crippen LogP contribution in [-0.2, 0) is 9.84 Å². The average molecular weight is 399 g/mol. The number of para-hydroxylation sites is 1. The normalized spacial score (nSPS) is 18.5. The van der Waals surface area contributed by atoms with Gasteiger partial charge in [-0.3, -0.25) is 4.79 Å². The van der Waals surface area contributed by atoms with Crippen molar-refractivity contribution in [3.63, 3.8) is 0 Å². The number of carbonyl (C=O) groups is 1. The van der Waals surface area contributed by atoms with Crippen LogP contribution >= 0.6 is 0 Å². The molecule has 0 N–H and O–H groups in total. The minimum Gasteiger partial charge on any atom is -0.438 e. The first-order chi connectivity index (χ1) is 13.4. The second-order valence-electron chi connectivity index (χ2n) is 7.22. The maximum absolute atomic E-state index is 13.1. The van der Waals surface area contributed by atoms with Crippen molar-refractivity contribution in [2.24, 2.45) is 0 Å². The molecule has 1 aromatic carbocycles. The molecule has 28 heavy (non-hydrogen) atoms. The lowest BCUT2D eigenvalue weighted by molar-refractivity contribution is 0.0792. The highest BCUT2D eigenvalue weighted by Crippen LogP contribution is 2.39. The summed E-state index contributed by atoms with van der Waals surface area (Å²) in [7, 11) is -3.23. The number of hydrogen-bond donors (Lipinski definition) is 0. The van der Waals surface area contributed by atoms with Gasteiger partial charge in [-0.2, -0.15) is 4.98 Å². The third kappa shape index (κ3) is 4.39. The molecule has 2 aromatic rings. The lowest BCUT2D eigenvalue weighted by Gasteiger charge is -2.17. The van der Waals surface area contributed by atoms with Crippen LogP contribution in [0.25, 0.3) is 0 Å². The van der Waals surface area contributed by atoms with E-state index in [2.05, 4.69) is 9.97 Å². The minimum absolute atomic E-state index is 0.244. The molecule has 4 rings (SSSR count). The average Bonchev–Trinajstić information content (AvgIpc) is 3.41. The highest BCUT2D eigenvalue weighted by atomic mass is 32.2. The molecule has 146 valence electrons. The van der Waals surface area contributed by atoms with E-state index >= 15 is 0 Å². The number of sulfone groups is 1. The third-order valence-corrected chi connectivity index (χ3v) is 5.43. The Bertz CT molecular complexity index is 1030. The fourth-order valence-corrected chi connectivity index (χ4v) is 3.96. The number of benzene rings is 1. The fraction of sp³-hybridized carbons (Fsp3) is 0.350. The van der Waals surface area contributed by atoms with E-state index in [9.17, 15) is 13.2 Å². The van der Waals surface area contributed by atoms with Crippen molar-refractivity contribution >= 4 is 15.7 Å². The van der Waals surface area contributed by atoms with Gasteiger partial charge in [0.15, 0.2) is 9.84 Å². The molecular weight excluding hydrogens is 378 g/mol. The molecule has 8 heteroatoms. The smallest absolute Gasteiger partial charge is 0.261 e. The van der Waals surface area contributed by atoms with Crippen LogP contribution in [0.1, 0.15) is 41.4 Å². The summed E-state index contributed by atoms with van der Waals surface area (Å²) in [5.41, 5.74) is 1.01. The van der Waals surface area contributed by atoms with Crippen LogP contribution in [0, 0.1) is 0 Å². The summed E-state index contributed by atoms with van der Waals surface area (Å²) in [5, 5.41) is 1.24. The summed E-state index contributed by atoms with van der Waals surface area (Å²) in [5.74, 6) is 1.61. The Morgan fingerprint density at radius 1 is 1.25 bits per heavy atom. The maximum Gasteiger partial charge on any atom is 0.261 e. The number of hydrogen-bond acceptors (Lipinski definition) is 6. The van der Waals surface area contributed by atoms with Crippen LogP contribution in [0.15, 0.2) is 47.5 Å². The summed E-state index contributed by atoms with van der Waals surface area (Å²) in [6, 6.07) is 9.19. The van der Waals surface area contributed by atoms with Crippen LogP contribution in [-0.4, -0.2) is 48.5 Å². The number of likely N-dealkylation sites (tertiary alicyclic amines) is 1. The van der Waals surface area contributed by atoms with Gasteiger partial charge in [-0.05, 0) is 37.0 Å². The lowest BCUT2D eigenvalue weighted by atomic mass is 10.2. The van der Waals surface area contributed by atoms with Gasteiger partial charge in [0.1, 0.15) is 17.1 Å². The molecule has 1 aromatic heterocycles. The molecule has 1 amide bonds. The van der Waals surface area contributed by atoms with Gasteiger partial charge < -0.3 is 9.64 Å². The van der Waals surface area contributed by atoms with Crippen molar-refractivity contribution in [2.45, 2.75) is 25.2 Å². The van der Waals surface area contributed by atoms with Crippen LogP contribution in [0.5, 0.6) is 11.6 Å². The predicted molar refractivity (Wildman–Crippen MR) is 104 cm³/mol. The molecule has 1 saturated heterocycles. The maximum atomic E-state index is 13.1. The summed E-state index contributed by atoms with van der Waals surface area (Å²) >= 11 is 0. The zero-order valence-electron chi connectivity index (χ0n) is 15.5. The molecule has 1 aliphatic heterocycles. The van der Waals surface area contributed by atoms with Crippen LogP contribution < -0.4 is 4.74 Å². The second-order valence-corrected chi connectivity index (χ2v) is 9.11. The van der Waals surface area contributed by atoms with Gasteiger partial charge in [-0.1, -0.05) is 18.2 Å². The Kier molecular flexibility index (Phi) is 4.89. The third-order valence-electron chi connectivity index (χ3n) is 4.67. The molecule has 1 saturated carbocycles. The summed E-state index contributed by atoms with van der Waals surface area (Å²) in [6.07, 6.45) is 5.31. The first-order valence-electron chi connectivity index (χ1n) is 9.18. The van der Waals surface area contributed by atoms with Crippen molar-refractivity contribution in [1.82, 2.24) is 14.9 Å². The van der Waals surface area contributed by atoms with Gasteiger partial charge in [0.2, 0.25) is 5.88 Å². The van der Waals surface area contributed by atoms with Crippen molar-refractivity contribution in [2.75, 3.05) is 19.3 Å². The van der Waals surface area contributed by atoms with Gasteiger partial charge in [-0.15, -0.1) is 0 Å². The van der Waals surface area contributed by atoms with Crippen LogP contribution in [0.3, 0.4) is 0 Å². The Morgan fingerprint density at radius 2 is 2.00 bits per heavy atom. The lowest BCUT2D eigenvalue weighted by Crippen LogP contribution is -2.28. The second kappa shape index (κ2) is 7.35. The number of amides is 1. The molecule has 2 fully saturated rings. The number of rotatable bonds is 5. The number of ether oxygens (including phenoxy) is 1. The summed E-state index contributed by atoms with van der Waals surface area (Å²) < 4.78 is 28.9. The Labute approximate surface area is 164 Å². The van der Waals surface area contributed by atoms with E-state index in [1.807, 2.05) is 18.2 Å². The predicted octanol–water partition coefficient (Wildman–Crippen LogP) is 2.92. The fourth-order valence-electron chi connectivity index (χ4n) is 3.17. The zero-order chi connectivity index (χ0) is 19.7. The van der Waals surface area contributed by atoms with Gasteiger partial charge in [0.05, 0.1) is 0 Å². The molecule has 2 aliphatic rings. The minimum atomic E-state index is -3.23. The van der Waals surface area contributed by atoms with Crippen molar-refractivity contribution < 1.29 is 17.9 Å². The van der Waals surface area contributed by atoms with E-state index in [-0.39, 0.29) is 23.9 Å². The molecule has 2 heterocycles. The van der Waals surface area contributed by atoms with E-state index in [4.69, 9.17) is 4.74 Å². The molecule has 0 spiro atoms. The van der Waals surface area contributed by atoms with Crippen LogP contribution in [0.4, 0.5) is 0 Å². The molecule has 0 unspecified atom stereocenters. The van der Waals surface area contributed by atoms with E-state index in [1.54, 1.807) is 17.0 Å². The highest BCUT2D eigenvalue weighted by Gasteiger charge is 2.31. The van der Waals surface area contributed by atoms with E-state index in [0.717, 1.165) is 24.7 Å². The Balaban J connectivity index is 1.61. The van der Waals surface area contributed by atoms with Crippen LogP contribution in [0.2, 0.25) is 0 Å². The molecule has 1 aliphatic carbocycles. The van der Waals surface area contributed by atoms with Gasteiger partial charge >= 0.3 is 0 Å². The number of nitrogens with zero attached hydrogens (tertiary/aromatic N) is 3. The van der Waals surface area contributed by atoms with E-state index < -0.39 is 9.84 Å². The van der Waals surface area contributed by atoms with Gasteiger partial charge in [0.25, 0.3) is 5.91 Å².